The maximum absolute atomic E-state index is 14.3. The molecule has 16 nitrogen and oxygen atoms in total. The second-order valence-corrected chi connectivity index (χ2v) is 20.4. The Hall–Kier alpha value is -6.43. The molecular weight excluding hydrogens is 859 g/mol. The molecule has 10 rings (SSSR count). The molecule has 6 heterocycles. The number of H-pyrrole nitrogens is 2. The standard InChI is InChI=1S/C49H55N9O7S/c1-49(2)14-9-36(40(29-49)33-3-7-41-34(25-33)10-15-50-41)31-55-17-19-56(20-18-55)37-4-6-39(43(27-37)57-21-24-65-48-45(57)26-35-11-16-51-46(35)53-48)47(59)54-66(62,63)38-5-8-42(44(28-38)58(60)61)52-30-32-12-22-64-23-13-32/h3-8,10-11,15-16,25-28,32,50,52H,9,12-14,17-24,29-31H2,1-2H3,(H,51,53)(H,54,59). The highest BCUT2D eigenvalue weighted by Gasteiger charge is 2.32. The highest BCUT2D eigenvalue weighted by Crippen LogP contribution is 2.44. The van der Waals surface area contributed by atoms with Gasteiger partial charge in [-0.05, 0) is 121 Å². The average molecular weight is 914 g/mol. The van der Waals surface area contributed by atoms with Gasteiger partial charge in [0.15, 0.2) is 0 Å². The molecule has 6 aromatic rings. The van der Waals surface area contributed by atoms with Crippen molar-refractivity contribution < 1.29 is 27.6 Å². The molecule has 0 saturated carbocycles. The zero-order valence-corrected chi connectivity index (χ0v) is 38.1. The molecule has 4 aliphatic rings. The summed E-state index contributed by atoms with van der Waals surface area (Å²) in [6, 6.07) is 21.9. The summed E-state index contributed by atoms with van der Waals surface area (Å²) >= 11 is 0. The Balaban J connectivity index is 0.910. The van der Waals surface area contributed by atoms with E-state index in [0.717, 1.165) is 87.5 Å². The molecule has 66 heavy (non-hydrogen) atoms. The summed E-state index contributed by atoms with van der Waals surface area (Å²) in [5.41, 5.74) is 8.25. The van der Waals surface area contributed by atoms with Crippen LogP contribution in [0.5, 0.6) is 5.88 Å². The summed E-state index contributed by atoms with van der Waals surface area (Å²) in [7, 11) is -4.56. The number of hydrogen-bond donors (Lipinski definition) is 4. The van der Waals surface area contributed by atoms with E-state index in [-0.39, 0.29) is 29.2 Å². The smallest absolute Gasteiger partial charge is 0.293 e. The molecule has 0 spiro atoms. The van der Waals surface area contributed by atoms with E-state index in [0.29, 0.717) is 49.2 Å². The van der Waals surface area contributed by atoms with E-state index >= 15 is 0 Å². The number of rotatable bonds is 12. The van der Waals surface area contributed by atoms with Gasteiger partial charge in [-0.15, -0.1) is 0 Å². The number of piperazine rings is 1. The summed E-state index contributed by atoms with van der Waals surface area (Å²) in [5, 5.41) is 17.4. The van der Waals surface area contributed by atoms with Gasteiger partial charge in [-0.3, -0.25) is 19.8 Å². The predicted octanol–water partition coefficient (Wildman–Crippen LogP) is 8.23. The maximum atomic E-state index is 14.3. The third-order valence-corrected chi connectivity index (χ3v) is 15.0. The van der Waals surface area contributed by atoms with Crippen LogP contribution >= 0.6 is 0 Å². The molecule has 1 amide bonds. The van der Waals surface area contributed by atoms with Crippen molar-refractivity contribution in [3.8, 4) is 5.88 Å². The number of nitro groups is 1. The van der Waals surface area contributed by atoms with Gasteiger partial charge < -0.3 is 34.6 Å². The van der Waals surface area contributed by atoms with Crippen molar-refractivity contribution in [3.63, 3.8) is 0 Å². The van der Waals surface area contributed by atoms with Gasteiger partial charge in [0.05, 0.1) is 27.6 Å². The van der Waals surface area contributed by atoms with E-state index in [2.05, 4.69) is 67.9 Å². The van der Waals surface area contributed by atoms with Crippen LogP contribution in [-0.4, -0.2) is 105 Å². The minimum absolute atomic E-state index is 0.116. The van der Waals surface area contributed by atoms with E-state index in [1.165, 1.54) is 34.2 Å². The summed E-state index contributed by atoms with van der Waals surface area (Å²) < 4.78 is 41.5. The average Bonchev–Trinajstić information content (AvgIpc) is 4.00. The molecule has 0 atom stereocenters. The fourth-order valence-electron chi connectivity index (χ4n) is 9.90. The van der Waals surface area contributed by atoms with Crippen molar-refractivity contribution in [1.29, 1.82) is 0 Å². The van der Waals surface area contributed by atoms with Gasteiger partial charge in [-0.1, -0.05) is 25.5 Å². The first kappa shape index (κ1) is 43.5. The van der Waals surface area contributed by atoms with Crippen LogP contribution < -0.4 is 24.6 Å². The first-order valence-electron chi connectivity index (χ1n) is 22.8. The van der Waals surface area contributed by atoms with Gasteiger partial charge in [0.2, 0.25) is 5.88 Å². The van der Waals surface area contributed by atoms with Crippen LogP contribution in [0.1, 0.15) is 61.9 Å². The third-order valence-electron chi connectivity index (χ3n) is 13.7. The molecule has 3 aliphatic heterocycles. The molecule has 0 unspecified atom stereocenters. The molecule has 3 aromatic carbocycles. The fourth-order valence-corrected chi connectivity index (χ4v) is 10.9. The molecule has 4 N–H and O–H groups in total. The zero-order chi connectivity index (χ0) is 45.6. The quantitative estimate of drug-likeness (QED) is 0.0681. The van der Waals surface area contributed by atoms with Gasteiger partial charge in [0, 0.05) is 87.5 Å². The summed E-state index contributed by atoms with van der Waals surface area (Å²) in [4.78, 5) is 43.5. The number of ether oxygens (including phenoxy) is 2. The number of hydrogen-bond acceptors (Lipinski definition) is 12. The van der Waals surface area contributed by atoms with Gasteiger partial charge >= 0.3 is 0 Å². The second-order valence-electron chi connectivity index (χ2n) is 18.7. The highest BCUT2D eigenvalue weighted by atomic mass is 32.2. The number of anilines is 4. The minimum atomic E-state index is -4.56. The number of fused-ring (bicyclic) bond motifs is 3. The highest BCUT2D eigenvalue weighted by molar-refractivity contribution is 7.90. The molecule has 1 aliphatic carbocycles. The number of carbonyl (C=O) groups excluding carboxylic acids is 1. The van der Waals surface area contributed by atoms with Crippen molar-refractivity contribution in [3.05, 3.63) is 112 Å². The maximum Gasteiger partial charge on any atom is 0.293 e. The monoisotopic (exact) mass is 913 g/mol. The van der Waals surface area contributed by atoms with Crippen LogP contribution in [-0.2, 0) is 14.8 Å². The lowest BCUT2D eigenvalue weighted by molar-refractivity contribution is -0.384. The molecule has 0 radical (unpaired) electrons. The van der Waals surface area contributed by atoms with E-state index in [9.17, 15) is 23.3 Å². The number of amides is 1. The summed E-state index contributed by atoms with van der Waals surface area (Å²) in [6.45, 7) is 11.2. The lowest BCUT2D eigenvalue weighted by atomic mass is 9.72. The van der Waals surface area contributed by atoms with Crippen LogP contribution in [0.3, 0.4) is 0 Å². The van der Waals surface area contributed by atoms with E-state index in [4.69, 9.17) is 14.5 Å². The van der Waals surface area contributed by atoms with Gasteiger partial charge in [-0.2, -0.15) is 4.98 Å². The molecule has 344 valence electrons. The largest absolute Gasteiger partial charge is 0.474 e. The SMILES string of the molecule is CC1(C)CCC(CN2CCN(c3ccc(C(=O)NS(=O)(=O)c4ccc(NCC5CCOCC5)c([N+](=O)[O-])c4)c(N4CCOc5nc6[nH]ccc6cc54)c3)CC2)=C(c2ccc3[nH]ccc3c2)C1. The van der Waals surface area contributed by atoms with E-state index < -0.39 is 31.4 Å². The minimum Gasteiger partial charge on any atom is -0.474 e. The zero-order valence-electron chi connectivity index (χ0n) is 37.3. The van der Waals surface area contributed by atoms with Crippen LogP contribution in [0.2, 0.25) is 0 Å². The number of nitrogens with one attached hydrogen (secondary N) is 4. The Kier molecular flexibility index (Phi) is 11.7. The fraction of sp³-hybridized carbons (Fsp3) is 0.388. The number of sulfonamides is 1. The number of aromatic amines is 2. The van der Waals surface area contributed by atoms with E-state index in [1.54, 1.807) is 12.3 Å². The number of carbonyl (C=O) groups is 1. The molecule has 2 saturated heterocycles. The van der Waals surface area contributed by atoms with Crippen molar-refractivity contribution in [2.75, 3.05) is 80.8 Å². The number of allylic oxidation sites excluding steroid dienone is 1. The third kappa shape index (κ3) is 8.94. The Bertz CT molecular complexity index is 2970. The second kappa shape index (κ2) is 17.8. The number of benzene rings is 3. The molecule has 2 fully saturated rings. The predicted molar refractivity (Wildman–Crippen MR) is 256 cm³/mol. The number of nitro benzene ring substituents is 1. The summed E-state index contributed by atoms with van der Waals surface area (Å²) in [6.07, 6.45) is 8.70. The first-order chi connectivity index (χ1) is 31.9. The lowest BCUT2D eigenvalue weighted by Crippen LogP contribution is -2.47. The molecule has 3 aromatic heterocycles. The normalized spacial score (nSPS) is 18.3. The number of nitrogens with zero attached hydrogens (tertiary/aromatic N) is 5. The van der Waals surface area contributed by atoms with Crippen LogP contribution in [0.25, 0.3) is 27.5 Å². The lowest BCUT2D eigenvalue weighted by Gasteiger charge is -2.40. The summed E-state index contributed by atoms with van der Waals surface area (Å²) in [5.74, 6) is -0.206. The van der Waals surface area contributed by atoms with E-state index in [1.807, 2.05) is 35.4 Å². The van der Waals surface area contributed by atoms with Crippen molar-refractivity contribution in [1.82, 2.24) is 24.6 Å². The topological polar surface area (TPSA) is 191 Å². The molecule has 17 heteroatoms. The van der Waals surface area contributed by atoms with Gasteiger partial charge in [-0.25, -0.2) is 13.1 Å². The van der Waals surface area contributed by atoms with Gasteiger partial charge in [0.1, 0.15) is 23.6 Å². The molecule has 0 bridgehead atoms. The van der Waals surface area contributed by atoms with Crippen LogP contribution in [0.15, 0.2) is 95.7 Å². The van der Waals surface area contributed by atoms with Crippen molar-refractivity contribution in [2.24, 2.45) is 11.3 Å². The molecular formula is C49H55N9O7S. The van der Waals surface area contributed by atoms with Crippen LogP contribution in [0.4, 0.5) is 28.4 Å². The van der Waals surface area contributed by atoms with Crippen LogP contribution in [0, 0.1) is 21.4 Å². The van der Waals surface area contributed by atoms with Gasteiger partial charge in [0.25, 0.3) is 21.6 Å². The number of pyridine rings is 1. The Morgan fingerprint density at radius 3 is 2.53 bits per heavy atom. The Labute approximate surface area is 383 Å². The Morgan fingerprint density at radius 1 is 0.909 bits per heavy atom. The van der Waals surface area contributed by atoms with Crippen molar-refractivity contribution >= 4 is 71.9 Å². The van der Waals surface area contributed by atoms with Crippen molar-refractivity contribution in [2.45, 2.75) is 50.8 Å². The number of aromatic nitrogens is 3. The first-order valence-corrected chi connectivity index (χ1v) is 24.3. The Morgan fingerprint density at radius 2 is 1.71 bits per heavy atom.